The number of carbonyl (C=O) groups is 2. The molecule has 5 heteroatoms. The van der Waals surface area contributed by atoms with Crippen LogP contribution in [0.2, 0.25) is 0 Å². The van der Waals surface area contributed by atoms with Gasteiger partial charge in [0, 0.05) is 5.92 Å². The summed E-state index contributed by atoms with van der Waals surface area (Å²) in [5, 5.41) is 18.9. The molecule has 18 heavy (non-hydrogen) atoms. The number of carbonyl (C=O) groups excluding carboxylic acids is 1. The molecule has 0 radical (unpaired) electrons. The van der Waals surface area contributed by atoms with E-state index in [9.17, 15) is 14.7 Å². The van der Waals surface area contributed by atoms with Crippen LogP contribution in [0.3, 0.4) is 0 Å². The topological polar surface area (TPSA) is 77.8 Å². The summed E-state index contributed by atoms with van der Waals surface area (Å²) in [5.41, 5.74) is -0.699. The minimum absolute atomic E-state index is 0.0273. The molecule has 2 unspecified atom stereocenters. The van der Waals surface area contributed by atoms with Crippen molar-refractivity contribution >= 4 is 11.9 Å². The number of aliphatic carboxylic acids is 1. The van der Waals surface area contributed by atoms with Crippen molar-refractivity contribution in [3.8, 4) is 0 Å². The lowest BCUT2D eigenvalue weighted by Gasteiger charge is -2.47. The van der Waals surface area contributed by atoms with Crippen molar-refractivity contribution < 1.29 is 19.8 Å². The van der Waals surface area contributed by atoms with Gasteiger partial charge in [-0.2, -0.15) is 0 Å². The number of aliphatic hydroxyl groups is 1. The monoisotopic (exact) mass is 255 g/mol. The molecule has 1 aliphatic heterocycles. The smallest absolute Gasteiger partial charge is 0.306 e. The van der Waals surface area contributed by atoms with Gasteiger partial charge in [0.05, 0.1) is 24.6 Å². The predicted octanol–water partition coefficient (Wildman–Crippen LogP) is 0.861. The Balaban J connectivity index is 1.82. The van der Waals surface area contributed by atoms with Crippen LogP contribution in [0.25, 0.3) is 0 Å². The third-order valence-corrected chi connectivity index (χ3v) is 4.13. The summed E-state index contributed by atoms with van der Waals surface area (Å²) < 4.78 is 0. The van der Waals surface area contributed by atoms with Crippen LogP contribution in [0, 0.1) is 11.8 Å². The summed E-state index contributed by atoms with van der Waals surface area (Å²) in [6, 6.07) is 0. The van der Waals surface area contributed by atoms with E-state index in [2.05, 4.69) is 0 Å². The van der Waals surface area contributed by atoms with E-state index in [1.165, 1.54) is 0 Å². The zero-order valence-electron chi connectivity index (χ0n) is 10.8. The number of rotatable bonds is 4. The van der Waals surface area contributed by atoms with Crippen LogP contribution >= 0.6 is 0 Å². The quantitative estimate of drug-likeness (QED) is 0.781. The highest BCUT2D eigenvalue weighted by molar-refractivity contribution is 5.82. The van der Waals surface area contributed by atoms with E-state index >= 15 is 0 Å². The molecule has 0 bridgehead atoms. The zero-order valence-corrected chi connectivity index (χ0v) is 10.8. The molecular weight excluding hydrogens is 234 g/mol. The van der Waals surface area contributed by atoms with Gasteiger partial charge in [0.15, 0.2) is 0 Å². The van der Waals surface area contributed by atoms with E-state index in [1.807, 2.05) is 6.92 Å². The molecule has 5 nitrogen and oxygen atoms in total. The summed E-state index contributed by atoms with van der Waals surface area (Å²) in [6.07, 6.45) is 3.34. The first-order valence-corrected chi connectivity index (χ1v) is 6.69. The first-order chi connectivity index (χ1) is 8.45. The van der Waals surface area contributed by atoms with Gasteiger partial charge >= 0.3 is 5.97 Å². The van der Waals surface area contributed by atoms with Crippen molar-refractivity contribution in [3.63, 3.8) is 0 Å². The third kappa shape index (κ3) is 2.51. The standard InChI is InChI=1S/C13H21NO4/c1-2-5-13(18)7-14(8-13)11(15)9-3-4-10(6-9)12(16)17/h9-10,18H,2-8H2,1H3,(H,16,17). The first-order valence-electron chi connectivity index (χ1n) is 6.69. The van der Waals surface area contributed by atoms with Gasteiger partial charge in [0.2, 0.25) is 5.91 Å². The van der Waals surface area contributed by atoms with Gasteiger partial charge in [-0.3, -0.25) is 9.59 Å². The SMILES string of the molecule is CCCC1(O)CN(C(=O)C2CCC(C(=O)O)C2)C1. The second kappa shape index (κ2) is 4.88. The van der Waals surface area contributed by atoms with Crippen molar-refractivity contribution in [3.05, 3.63) is 0 Å². The normalized spacial score (nSPS) is 30.0. The lowest BCUT2D eigenvalue weighted by Crippen LogP contribution is -2.64. The summed E-state index contributed by atoms with van der Waals surface area (Å²) >= 11 is 0. The minimum atomic E-state index is -0.795. The molecule has 1 amide bonds. The van der Waals surface area contributed by atoms with Crippen LogP contribution < -0.4 is 0 Å². The lowest BCUT2D eigenvalue weighted by molar-refractivity contribution is -0.160. The van der Waals surface area contributed by atoms with Gasteiger partial charge in [-0.25, -0.2) is 0 Å². The highest BCUT2D eigenvalue weighted by Crippen LogP contribution is 2.35. The lowest BCUT2D eigenvalue weighted by atomic mass is 9.88. The van der Waals surface area contributed by atoms with Crippen molar-refractivity contribution in [2.75, 3.05) is 13.1 Å². The Labute approximate surface area is 107 Å². The van der Waals surface area contributed by atoms with Crippen molar-refractivity contribution in [1.82, 2.24) is 4.90 Å². The summed E-state index contributed by atoms with van der Waals surface area (Å²) in [4.78, 5) is 24.6. The molecule has 0 aromatic rings. The van der Waals surface area contributed by atoms with Gasteiger partial charge in [-0.15, -0.1) is 0 Å². The zero-order chi connectivity index (χ0) is 13.3. The van der Waals surface area contributed by atoms with Gasteiger partial charge in [0.1, 0.15) is 0 Å². The highest BCUT2D eigenvalue weighted by atomic mass is 16.4. The maximum atomic E-state index is 12.1. The number of carboxylic acids is 1. The Bertz CT molecular complexity index is 349. The summed E-state index contributed by atoms with van der Waals surface area (Å²) in [6.45, 7) is 2.83. The number of β-amino-alcohol motifs (C(OH)–C–C–N with tert-alkyl or cyclic N) is 1. The molecule has 2 N–H and O–H groups in total. The summed E-state index contributed by atoms with van der Waals surface area (Å²) in [7, 11) is 0. The van der Waals surface area contributed by atoms with E-state index in [1.54, 1.807) is 4.90 Å². The van der Waals surface area contributed by atoms with Gasteiger partial charge in [0.25, 0.3) is 0 Å². The largest absolute Gasteiger partial charge is 0.481 e. The Morgan fingerprint density at radius 1 is 1.28 bits per heavy atom. The number of hydrogen-bond acceptors (Lipinski definition) is 3. The van der Waals surface area contributed by atoms with E-state index in [4.69, 9.17) is 5.11 Å². The molecular formula is C13H21NO4. The number of hydrogen-bond donors (Lipinski definition) is 2. The van der Waals surface area contributed by atoms with Crippen LogP contribution in [-0.4, -0.2) is 45.7 Å². The predicted molar refractivity (Wildman–Crippen MR) is 64.9 cm³/mol. The second-order valence-corrected chi connectivity index (χ2v) is 5.71. The van der Waals surface area contributed by atoms with E-state index in [-0.39, 0.29) is 17.7 Å². The Morgan fingerprint density at radius 3 is 2.39 bits per heavy atom. The molecule has 2 aliphatic rings. The van der Waals surface area contributed by atoms with Crippen LogP contribution in [0.1, 0.15) is 39.0 Å². The fourth-order valence-corrected chi connectivity index (χ4v) is 3.13. The fourth-order valence-electron chi connectivity index (χ4n) is 3.13. The number of carboxylic acid groups (broad SMARTS) is 1. The maximum Gasteiger partial charge on any atom is 0.306 e. The third-order valence-electron chi connectivity index (χ3n) is 4.13. The second-order valence-electron chi connectivity index (χ2n) is 5.71. The van der Waals surface area contributed by atoms with Crippen molar-refractivity contribution in [2.24, 2.45) is 11.8 Å². The Kier molecular flexibility index (Phi) is 3.61. The molecule has 2 rings (SSSR count). The average molecular weight is 255 g/mol. The molecule has 1 saturated heterocycles. The van der Waals surface area contributed by atoms with E-state index in [0.29, 0.717) is 32.4 Å². The van der Waals surface area contributed by atoms with Crippen LogP contribution in [0.15, 0.2) is 0 Å². The van der Waals surface area contributed by atoms with E-state index < -0.39 is 11.6 Å². The number of likely N-dealkylation sites (tertiary alicyclic amines) is 1. The fraction of sp³-hybridized carbons (Fsp3) is 0.846. The molecule has 0 spiro atoms. The first kappa shape index (κ1) is 13.3. The average Bonchev–Trinajstić information content (AvgIpc) is 2.74. The Hall–Kier alpha value is -1.10. The minimum Gasteiger partial charge on any atom is -0.481 e. The maximum absolute atomic E-state index is 12.1. The highest BCUT2D eigenvalue weighted by Gasteiger charge is 2.45. The molecule has 0 aromatic heterocycles. The molecule has 102 valence electrons. The van der Waals surface area contributed by atoms with Crippen molar-refractivity contribution in [2.45, 2.75) is 44.6 Å². The molecule has 1 saturated carbocycles. The van der Waals surface area contributed by atoms with Crippen LogP contribution in [-0.2, 0) is 9.59 Å². The van der Waals surface area contributed by atoms with Crippen LogP contribution in [0.5, 0.6) is 0 Å². The number of nitrogens with zero attached hydrogens (tertiary/aromatic N) is 1. The molecule has 0 aromatic carbocycles. The molecule has 1 aliphatic carbocycles. The molecule has 2 fully saturated rings. The summed E-state index contributed by atoms with van der Waals surface area (Å²) in [5.74, 6) is -1.29. The number of amides is 1. The Morgan fingerprint density at radius 2 is 1.89 bits per heavy atom. The van der Waals surface area contributed by atoms with Gasteiger partial charge in [-0.1, -0.05) is 13.3 Å². The van der Waals surface area contributed by atoms with Gasteiger partial charge < -0.3 is 15.1 Å². The molecule has 2 atom stereocenters. The van der Waals surface area contributed by atoms with Crippen LogP contribution in [0.4, 0.5) is 0 Å². The van der Waals surface area contributed by atoms with Crippen molar-refractivity contribution in [1.29, 1.82) is 0 Å². The van der Waals surface area contributed by atoms with Gasteiger partial charge in [-0.05, 0) is 25.7 Å². The molecule has 1 heterocycles. The van der Waals surface area contributed by atoms with E-state index in [0.717, 1.165) is 12.8 Å².